The van der Waals surface area contributed by atoms with Crippen LogP contribution in [-0.2, 0) is 9.59 Å². The number of carbonyl (C=O) groups is 2. The number of pyridine rings is 1. The van der Waals surface area contributed by atoms with Crippen molar-refractivity contribution in [3.8, 4) is 0 Å². The molecule has 1 amide bonds. The number of aliphatic carboxylic acids is 1. The van der Waals surface area contributed by atoms with Crippen molar-refractivity contribution in [2.24, 2.45) is 5.73 Å². The second-order valence-corrected chi connectivity index (χ2v) is 2.92. The Bertz CT molecular complexity index is 444. The molecule has 0 spiro atoms. The summed E-state index contributed by atoms with van der Waals surface area (Å²) in [4.78, 5) is 25.1. The third-order valence-corrected chi connectivity index (χ3v) is 1.77. The number of nitrogens with zero attached hydrogens (tertiary/aromatic N) is 1. The zero-order valence-corrected chi connectivity index (χ0v) is 8.30. The monoisotopic (exact) mass is 223 g/mol. The van der Waals surface area contributed by atoms with Gasteiger partial charge in [-0.05, 0) is 12.1 Å². The number of amides is 1. The van der Waals surface area contributed by atoms with Gasteiger partial charge in [0.2, 0.25) is 0 Å². The molecule has 1 heterocycles. The summed E-state index contributed by atoms with van der Waals surface area (Å²) in [6.45, 7) is -0.323. The van der Waals surface area contributed by atoms with E-state index in [0.29, 0.717) is 0 Å². The fourth-order valence-electron chi connectivity index (χ4n) is 1.06. The lowest BCUT2D eigenvalue weighted by Crippen LogP contribution is -2.48. The molecule has 6 N–H and O–H groups in total. The van der Waals surface area contributed by atoms with Gasteiger partial charge in [-0.25, -0.2) is 10.4 Å². The van der Waals surface area contributed by atoms with Gasteiger partial charge in [0, 0.05) is 6.20 Å². The number of primary amides is 1. The molecule has 0 aromatic carbocycles. The van der Waals surface area contributed by atoms with Crippen molar-refractivity contribution in [2.75, 3.05) is 11.9 Å². The minimum absolute atomic E-state index is 0.166. The summed E-state index contributed by atoms with van der Waals surface area (Å²) in [5.74, 6) is -1.62. The van der Waals surface area contributed by atoms with Gasteiger partial charge in [-0.3, -0.25) is 9.59 Å². The third-order valence-electron chi connectivity index (χ3n) is 1.77. The number of nitrogens with two attached hydrogens (primary N) is 2. The molecule has 0 aliphatic heterocycles. The molecular weight excluding hydrogens is 212 g/mol. The van der Waals surface area contributed by atoms with Crippen molar-refractivity contribution < 1.29 is 20.1 Å². The predicted octanol–water partition coefficient (Wildman–Crippen LogP) is -2.39. The van der Waals surface area contributed by atoms with Crippen LogP contribution in [0.4, 0.5) is 5.82 Å². The van der Waals surface area contributed by atoms with Crippen LogP contribution >= 0.6 is 0 Å². The van der Waals surface area contributed by atoms with Gasteiger partial charge in [0.05, 0.1) is 5.56 Å². The van der Waals surface area contributed by atoms with Gasteiger partial charge >= 0.3 is 11.9 Å². The van der Waals surface area contributed by atoms with E-state index < -0.39 is 11.9 Å². The molecule has 1 rings (SSSR count). The van der Waals surface area contributed by atoms with Gasteiger partial charge in [0.1, 0.15) is 12.4 Å². The van der Waals surface area contributed by atoms with Crippen molar-refractivity contribution in [3.63, 3.8) is 0 Å². The van der Waals surface area contributed by atoms with Crippen LogP contribution in [0.2, 0.25) is 0 Å². The van der Waals surface area contributed by atoms with E-state index in [1.807, 2.05) is 0 Å². The van der Waals surface area contributed by atoms with E-state index in [2.05, 4.69) is 10.3 Å². The summed E-state index contributed by atoms with van der Waals surface area (Å²) < 4.78 is 0. The van der Waals surface area contributed by atoms with Crippen molar-refractivity contribution in [2.45, 2.75) is 0 Å². The normalized spacial score (nSPS) is 9.50. The van der Waals surface area contributed by atoms with E-state index in [1.165, 1.54) is 12.3 Å². The summed E-state index contributed by atoms with van der Waals surface area (Å²) in [6, 6.07) is 3.09. The molecule has 0 aliphatic carbocycles. The fourth-order valence-corrected chi connectivity index (χ4v) is 1.06. The average Bonchev–Trinajstić information content (AvgIpc) is 2.25. The van der Waals surface area contributed by atoms with Crippen LogP contribution in [-0.4, -0.2) is 34.2 Å². The maximum atomic E-state index is 10.9. The van der Waals surface area contributed by atoms with Gasteiger partial charge in [0.15, 0.2) is 0 Å². The SMILES string of the molecule is NC(=O)C(=[NH2+])c1cccnc1NCC(=O)O. The number of rotatable bonds is 5. The Kier molecular flexibility index (Phi) is 3.54. The van der Waals surface area contributed by atoms with Crippen molar-refractivity contribution in [3.05, 3.63) is 23.9 Å². The lowest BCUT2D eigenvalue weighted by molar-refractivity contribution is -0.135. The molecule has 0 atom stereocenters. The molecule has 0 saturated heterocycles. The van der Waals surface area contributed by atoms with Crippen molar-refractivity contribution >= 4 is 23.4 Å². The number of carboxylic acid groups (broad SMARTS) is 1. The molecule has 7 nitrogen and oxygen atoms in total. The Hall–Kier alpha value is -2.44. The Morgan fingerprint density at radius 3 is 2.81 bits per heavy atom. The van der Waals surface area contributed by atoms with E-state index in [1.54, 1.807) is 6.07 Å². The first kappa shape index (κ1) is 11.6. The fraction of sp³-hybridized carbons (Fsp3) is 0.111. The van der Waals surface area contributed by atoms with Crippen molar-refractivity contribution in [1.82, 2.24) is 4.98 Å². The molecule has 0 fully saturated rings. The van der Waals surface area contributed by atoms with Crippen LogP contribution in [0.25, 0.3) is 0 Å². The minimum Gasteiger partial charge on any atom is -0.480 e. The predicted molar refractivity (Wildman–Crippen MR) is 55.6 cm³/mol. The van der Waals surface area contributed by atoms with Gasteiger partial charge in [-0.1, -0.05) is 0 Å². The number of carbonyl (C=O) groups excluding carboxylic acids is 1. The largest absolute Gasteiger partial charge is 0.480 e. The van der Waals surface area contributed by atoms with E-state index in [-0.39, 0.29) is 23.6 Å². The second kappa shape index (κ2) is 4.87. The molecule has 0 aliphatic rings. The highest BCUT2D eigenvalue weighted by Gasteiger charge is 2.18. The average molecular weight is 223 g/mol. The summed E-state index contributed by atoms with van der Waals surface area (Å²) in [5, 5.41) is 16.5. The molecule has 84 valence electrons. The first-order chi connectivity index (χ1) is 7.52. The lowest BCUT2D eigenvalue weighted by atomic mass is 10.1. The van der Waals surface area contributed by atoms with Crippen LogP contribution in [0.5, 0.6) is 0 Å². The molecule has 1 aromatic heterocycles. The third kappa shape index (κ3) is 2.77. The van der Waals surface area contributed by atoms with Crippen LogP contribution in [0.3, 0.4) is 0 Å². The Morgan fingerprint density at radius 1 is 1.56 bits per heavy atom. The zero-order chi connectivity index (χ0) is 12.1. The standard InChI is InChI=1S/C9H10N4O3/c10-7(8(11)16)5-2-1-3-12-9(5)13-4-6(14)15/h1-3,10H,4H2,(H2,11,16)(H,12,13)(H,14,15)/p+1. The summed E-state index contributed by atoms with van der Waals surface area (Å²) in [7, 11) is 0. The quantitative estimate of drug-likeness (QED) is 0.414. The highest BCUT2D eigenvalue weighted by Crippen LogP contribution is 2.10. The summed E-state index contributed by atoms with van der Waals surface area (Å²) >= 11 is 0. The molecule has 1 aromatic rings. The Labute approximate surface area is 90.8 Å². The minimum atomic E-state index is -1.05. The molecule has 0 radical (unpaired) electrons. The van der Waals surface area contributed by atoms with Gasteiger partial charge in [0.25, 0.3) is 5.71 Å². The maximum Gasteiger partial charge on any atom is 0.322 e. The van der Waals surface area contributed by atoms with E-state index in [4.69, 9.17) is 16.2 Å². The number of hydrogen-bond acceptors (Lipinski definition) is 4. The van der Waals surface area contributed by atoms with Crippen LogP contribution < -0.4 is 16.5 Å². The first-order valence-corrected chi connectivity index (χ1v) is 4.35. The van der Waals surface area contributed by atoms with Gasteiger partial charge < -0.3 is 16.2 Å². The number of hydrogen-bond donors (Lipinski definition) is 4. The molecular formula is C9H11N4O3+. The molecule has 0 bridgehead atoms. The molecule has 7 heteroatoms. The molecule has 0 saturated carbocycles. The summed E-state index contributed by atoms with van der Waals surface area (Å²) in [6.07, 6.45) is 1.45. The molecule has 0 unspecified atom stereocenters. The number of aromatic nitrogens is 1. The highest BCUT2D eigenvalue weighted by molar-refractivity contribution is 6.43. The lowest BCUT2D eigenvalue weighted by Gasteiger charge is -2.05. The highest BCUT2D eigenvalue weighted by atomic mass is 16.4. The topological polar surface area (TPSA) is 131 Å². The van der Waals surface area contributed by atoms with E-state index in [9.17, 15) is 9.59 Å². The zero-order valence-electron chi connectivity index (χ0n) is 8.30. The van der Waals surface area contributed by atoms with Crippen LogP contribution in [0.1, 0.15) is 5.56 Å². The first-order valence-electron chi connectivity index (χ1n) is 4.35. The van der Waals surface area contributed by atoms with Crippen LogP contribution in [0.15, 0.2) is 18.3 Å². The van der Waals surface area contributed by atoms with E-state index >= 15 is 0 Å². The number of anilines is 1. The van der Waals surface area contributed by atoms with Crippen LogP contribution in [0, 0.1) is 0 Å². The molecule has 16 heavy (non-hydrogen) atoms. The Morgan fingerprint density at radius 2 is 2.25 bits per heavy atom. The van der Waals surface area contributed by atoms with Crippen molar-refractivity contribution in [1.29, 1.82) is 0 Å². The second-order valence-electron chi connectivity index (χ2n) is 2.92. The number of carboxylic acids is 1. The smallest absolute Gasteiger partial charge is 0.322 e. The number of nitrogens with one attached hydrogen (secondary N) is 1. The van der Waals surface area contributed by atoms with Gasteiger partial charge in [-0.2, -0.15) is 0 Å². The Balaban J connectivity index is 2.96. The van der Waals surface area contributed by atoms with E-state index in [0.717, 1.165) is 0 Å². The maximum absolute atomic E-state index is 10.9. The summed E-state index contributed by atoms with van der Waals surface area (Å²) in [5.41, 5.74) is 5.14. The van der Waals surface area contributed by atoms with Gasteiger partial charge in [-0.15, -0.1) is 0 Å².